The molecule has 6 nitrogen and oxygen atoms in total. The number of hydrogen-bond donors (Lipinski definition) is 1. The van der Waals surface area contributed by atoms with Crippen LogP contribution >= 0.6 is 0 Å². The van der Waals surface area contributed by atoms with Crippen LogP contribution in [-0.2, 0) is 19.1 Å². The number of hydrogen-bond acceptors (Lipinski definition) is 5. The molecule has 0 bridgehead atoms. The minimum absolute atomic E-state index is 0.00900. The quantitative estimate of drug-likeness (QED) is 0.665. The minimum atomic E-state index is -0.717. The SMILES string of the molecule is COC(=O)CCC(=O)[C@H](NC(=O)OCC1c2ccccc2-c2ccccc21)C(C)C. The van der Waals surface area contributed by atoms with Crippen molar-refractivity contribution in [1.29, 1.82) is 0 Å². The summed E-state index contributed by atoms with van der Waals surface area (Å²) in [5.74, 6) is -0.845. The number of benzene rings is 2. The molecule has 30 heavy (non-hydrogen) atoms. The van der Waals surface area contributed by atoms with E-state index in [0.717, 1.165) is 22.3 Å². The molecule has 0 aromatic heterocycles. The lowest BCUT2D eigenvalue weighted by Crippen LogP contribution is -2.45. The van der Waals surface area contributed by atoms with E-state index in [-0.39, 0.29) is 37.1 Å². The number of ketones is 1. The number of carbonyl (C=O) groups is 3. The predicted octanol–water partition coefficient (Wildman–Crippen LogP) is 4.07. The van der Waals surface area contributed by atoms with Crippen molar-refractivity contribution in [2.45, 2.75) is 38.6 Å². The second-order valence-corrected chi connectivity index (χ2v) is 7.73. The second-order valence-electron chi connectivity index (χ2n) is 7.73. The predicted molar refractivity (Wildman–Crippen MR) is 113 cm³/mol. The molecule has 0 saturated carbocycles. The van der Waals surface area contributed by atoms with Gasteiger partial charge in [-0.15, -0.1) is 0 Å². The van der Waals surface area contributed by atoms with Crippen molar-refractivity contribution >= 4 is 17.8 Å². The highest BCUT2D eigenvalue weighted by Gasteiger charge is 2.30. The molecule has 6 heteroatoms. The molecule has 1 aliphatic rings. The summed E-state index contributed by atoms with van der Waals surface area (Å²) in [6.07, 6.45) is -0.633. The highest BCUT2D eigenvalue weighted by atomic mass is 16.5. The number of alkyl carbamates (subject to hydrolysis) is 1. The van der Waals surface area contributed by atoms with E-state index in [2.05, 4.69) is 34.3 Å². The average molecular weight is 409 g/mol. The molecular formula is C24H27NO5. The zero-order valence-corrected chi connectivity index (χ0v) is 17.5. The normalized spacial score (nSPS) is 13.3. The van der Waals surface area contributed by atoms with Crippen LogP contribution < -0.4 is 5.32 Å². The van der Waals surface area contributed by atoms with Crippen molar-refractivity contribution in [2.75, 3.05) is 13.7 Å². The maximum atomic E-state index is 12.5. The van der Waals surface area contributed by atoms with E-state index in [1.807, 2.05) is 38.1 Å². The lowest BCUT2D eigenvalue weighted by Gasteiger charge is -2.22. The Hall–Kier alpha value is -3.15. The molecule has 0 spiro atoms. The summed E-state index contributed by atoms with van der Waals surface area (Å²) in [6.45, 7) is 3.86. The van der Waals surface area contributed by atoms with Crippen molar-refractivity contribution < 1.29 is 23.9 Å². The van der Waals surface area contributed by atoms with Crippen molar-refractivity contribution in [1.82, 2.24) is 5.32 Å². The van der Waals surface area contributed by atoms with E-state index in [4.69, 9.17) is 4.74 Å². The van der Waals surface area contributed by atoms with Crippen LogP contribution in [0, 0.1) is 5.92 Å². The van der Waals surface area contributed by atoms with Gasteiger partial charge in [-0.2, -0.15) is 0 Å². The Morgan fingerprint density at radius 3 is 2.03 bits per heavy atom. The van der Waals surface area contributed by atoms with Gasteiger partial charge in [0.1, 0.15) is 6.61 Å². The van der Waals surface area contributed by atoms with Gasteiger partial charge in [0.25, 0.3) is 0 Å². The number of Topliss-reactive ketones (excluding diaryl/α,β-unsaturated/α-hetero) is 1. The van der Waals surface area contributed by atoms with Crippen molar-refractivity contribution in [2.24, 2.45) is 5.92 Å². The minimum Gasteiger partial charge on any atom is -0.469 e. The van der Waals surface area contributed by atoms with Gasteiger partial charge in [-0.25, -0.2) is 4.79 Å². The fourth-order valence-electron chi connectivity index (χ4n) is 3.87. The van der Waals surface area contributed by atoms with Gasteiger partial charge >= 0.3 is 12.1 Å². The standard InChI is InChI=1S/C24H27NO5/c1-15(2)23(21(26)12-13-22(27)29-3)25-24(28)30-14-20-18-10-6-4-8-16(18)17-9-5-7-11-19(17)20/h4-11,15,20,23H,12-14H2,1-3H3,(H,25,28)/t23-/m1/s1. The number of amides is 1. The molecule has 158 valence electrons. The second kappa shape index (κ2) is 9.57. The first-order valence-corrected chi connectivity index (χ1v) is 10.1. The Morgan fingerprint density at radius 2 is 1.50 bits per heavy atom. The number of methoxy groups -OCH3 is 1. The molecule has 1 N–H and O–H groups in total. The number of carbonyl (C=O) groups excluding carboxylic acids is 3. The highest BCUT2D eigenvalue weighted by molar-refractivity contribution is 5.90. The van der Waals surface area contributed by atoms with E-state index >= 15 is 0 Å². The fourth-order valence-corrected chi connectivity index (χ4v) is 3.87. The highest BCUT2D eigenvalue weighted by Crippen LogP contribution is 2.44. The average Bonchev–Trinajstić information content (AvgIpc) is 3.07. The molecular weight excluding hydrogens is 382 g/mol. The maximum absolute atomic E-state index is 12.5. The Bertz CT molecular complexity index is 891. The third-order valence-corrected chi connectivity index (χ3v) is 5.43. The van der Waals surface area contributed by atoms with Gasteiger partial charge in [0.15, 0.2) is 5.78 Å². The van der Waals surface area contributed by atoms with Crippen molar-refractivity contribution in [3.05, 3.63) is 59.7 Å². The molecule has 2 aromatic carbocycles. The third kappa shape index (κ3) is 4.70. The van der Waals surface area contributed by atoms with Crippen LogP contribution in [0.4, 0.5) is 4.79 Å². The number of rotatable bonds is 8. The van der Waals surface area contributed by atoms with Gasteiger partial charge in [-0.1, -0.05) is 62.4 Å². The summed E-state index contributed by atoms with van der Waals surface area (Å²) in [7, 11) is 1.28. The third-order valence-electron chi connectivity index (χ3n) is 5.43. The Labute approximate surface area is 176 Å². The summed E-state index contributed by atoms with van der Waals surface area (Å²) in [5.41, 5.74) is 4.56. The molecule has 3 rings (SSSR count). The van der Waals surface area contributed by atoms with E-state index in [9.17, 15) is 14.4 Å². The van der Waals surface area contributed by atoms with Crippen LogP contribution in [0.5, 0.6) is 0 Å². The molecule has 0 aliphatic heterocycles. The van der Waals surface area contributed by atoms with Crippen LogP contribution in [0.1, 0.15) is 43.7 Å². The number of esters is 1. The number of nitrogens with one attached hydrogen (secondary N) is 1. The van der Waals surface area contributed by atoms with Gasteiger partial charge in [0.2, 0.25) is 0 Å². The zero-order chi connectivity index (χ0) is 21.7. The fraction of sp³-hybridized carbons (Fsp3) is 0.375. The van der Waals surface area contributed by atoms with Crippen molar-refractivity contribution in [3.63, 3.8) is 0 Å². The Kier molecular flexibility index (Phi) is 6.87. The number of fused-ring (bicyclic) bond motifs is 3. The van der Waals surface area contributed by atoms with Crippen LogP contribution in [0.2, 0.25) is 0 Å². The first kappa shape index (κ1) is 21.6. The van der Waals surface area contributed by atoms with Crippen LogP contribution in [0.25, 0.3) is 11.1 Å². The maximum Gasteiger partial charge on any atom is 0.407 e. The van der Waals surface area contributed by atoms with Gasteiger partial charge in [-0.3, -0.25) is 9.59 Å². The van der Waals surface area contributed by atoms with Crippen LogP contribution in [0.3, 0.4) is 0 Å². The van der Waals surface area contributed by atoms with Gasteiger partial charge < -0.3 is 14.8 Å². The van der Waals surface area contributed by atoms with Crippen LogP contribution in [-0.4, -0.2) is 37.6 Å². The number of ether oxygens (including phenoxy) is 2. The van der Waals surface area contributed by atoms with E-state index < -0.39 is 18.1 Å². The van der Waals surface area contributed by atoms with E-state index in [0.29, 0.717) is 0 Å². The first-order valence-electron chi connectivity index (χ1n) is 10.1. The smallest absolute Gasteiger partial charge is 0.407 e. The molecule has 0 unspecified atom stereocenters. The molecule has 0 saturated heterocycles. The summed E-state index contributed by atoms with van der Waals surface area (Å²) in [5, 5.41) is 2.67. The summed E-state index contributed by atoms with van der Waals surface area (Å²) in [6, 6.07) is 15.5. The lowest BCUT2D eigenvalue weighted by molar-refractivity contribution is -0.142. The molecule has 0 heterocycles. The Balaban J connectivity index is 1.63. The van der Waals surface area contributed by atoms with Crippen molar-refractivity contribution in [3.8, 4) is 11.1 Å². The van der Waals surface area contributed by atoms with E-state index in [1.54, 1.807) is 0 Å². The molecule has 0 fully saturated rings. The molecule has 1 atom stereocenters. The largest absolute Gasteiger partial charge is 0.469 e. The van der Waals surface area contributed by atoms with Gasteiger partial charge in [-0.05, 0) is 28.2 Å². The molecule has 1 amide bonds. The molecule has 1 aliphatic carbocycles. The van der Waals surface area contributed by atoms with Gasteiger partial charge in [0.05, 0.1) is 19.6 Å². The molecule has 2 aromatic rings. The van der Waals surface area contributed by atoms with E-state index in [1.165, 1.54) is 7.11 Å². The van der Waals surface area contributed by atoms with Crippen LogP contribution in [0.15, 0.2) is 48.5 Å². The lowest BCUT2D eigenvalue weighted by atomic mass is 9.97. The topological polar surface area (TPSA) is 81.7 Å². The summed E-state index contributed by atoms with van der Waals surface area (Å²) >= 11 is 0. The monoisotopic (exact) mass is 409 g/mol. The zero-order valence-electron chi connectivity index (χ0n) is 17.5. The first-order chi connectivity index (χ1) is 14.4. The summed E-state index contributed by atoms with van der Waals surface area (Å²) < 4.78 is 10.1. The summed E-state index contributed by atoms with van der Waals surface area (Å²) in [4.78, 5) is 36.2. The Morgan fingerprint density at radius 1 is 0.933 bits per heavy atom. The molecule has 0 radical (unpaired) electrons. The van der Waals surface area contributed by atoms with Gasteiger partial charge in [0, 0.05) is 12.3 Å².